The van der Waals surface area contributed by atoms with Crippen LogP contribution in [0.15, 0.2) is 54.6 Å². The van der Waals surface area contributed by atoms with Crippen LogP contribution in [0.2, 0.25) is 0 Å². The third-order valence-electron chi connectivity index (χ3n) is 6.74. The van der Waals surface area contributed by atoms with Crippen LogP contribution in [0, 0.1) is 0 Å². The van der Waals surface area contributed by atoms with Gasteiger partial charge < -0.3 is 5.32 Å². The zero-order valence-electron chi connectivity index (χ0n) is 18.6. The Bertz CT molecular complexity index is 1090. The number of nitrogens with zero attached hydrogens (tertiary/aromatic N) is 3. The maximum Gasteiger partial charge on any atom is 0.418 e. The lowest BCUT2D eigenvalue weighted by atomic mass is 9.91. The first-order valence-corrected chi connectivity index (χ1v) is 11.8. The van der Waals surface area contributed by atoms with E-state index >= 15 is 0 Å². The van der Waals surface area contributed by atoms with Gasteiger partial charge in [-0.3, -0.25) is 4.90 Å². The molecule has 2 aliphatic heterocycles. The largest absolute Gasteiger partial charge is 0.418 e. The molecule has 7 heteroatoms. The predicted molar refractivity (Wildman–Crippen MR) is 124 cm³/mol. The van der Waals surface area contributed by atoms with Crippen LogP contribution in [0.1, 0.15) is 54.0 Å². The van der Waals surface area contributed by atoms with Crippen LogP contribution in [0.4, 0.5) is 19.0 Å². The van der Waals surface area contributed by atoms with Gasteiger partial charge in [0.25, 0.3) is 0 Å². The molecule has 2 aliphatic rings. The normalized spacial score (nSPS) is 19.5. The second-order valence-electron chi connectivity index (χ2n) is 9.08. The number of likely N-dealkylation sites (tertiary alicyclic amines) is 1. The lowest BCUT2D eigenvalue weighted by Gasteiger charge is -2.32. The molecule has 0 amide bonds. The first-order chi connectivity index (χ1) is 16.0. The average Bonchev–Trinajstić information content (AvgIpc) is 3.00. The van der Waals surface area contributed by atoms with E-state index in [1.54, 1.807) is 6.07 Å². The summed E-state index contributed by atoms with van der Waals surface area (Å²) in [5, 5.41) is 8.27. The number of halogens is 3. The monoisotopic (exact) mass is 454 g/mol. The van der Waals surface area contributed by atoms with E-state index in [2.05, 4.69) is 34.5 Å². The van der Waals surface area contributed by atoms with Crippen LogP contribution >= 0.6 is 0 Å². The van der Waals surface area contributed by atoms with E-state index < -0.39 is 11.7 Å². The number of nitrogens with one attached hydrogen (secondary N) is 1. The number of para-hydroxylation sites is 1. The summed E-state index contributed by atoms with van der Waals surface area (Å²) in [4.78, 5) is 2.45. The van der Waals surface area contributed by atoms with Gasteiger partial charge in [-0.2, -0.15) is 18.3 Å². The number of alkyl halides is 3. The zero-order valence-corrected chi connectivity index (χ0v) is 18.6. The third kappa shape index (κ3) is 4.64. The van der Waals surface area contributed by atoms with Crippen LogP contribution in [0.5, 0.6) is 0 Å². The lowest BCUT2D eigenvalue weighted by molar-refractivity contribution is -0.137. The van der Waals surface area contributed by atoms with Crippen molar-refractivity contribution in [1.82, 2.24) is 14.7 Å². The van der Waals surface area contributed by atoms with Gasteiger partial charge in [-0.15, -0.1) is 0 Å². The Morgan fingerprint density at radius 2 is 1.76 bits per heavy atom. The van der Waals surface area contributed by atoms with Gasteiger partial charge in [0.05, 0.1) is 16.9 Å². The number of aromatic nitrogens is 2. The van der Waals surface area contributed by atoms with Crippen molar-refractivity contribution in [1.29, 1.82) is 0 Å². The highest BCUT2D eigenvalue weighted by Crippen LogP contribution is 2.39. The summed E-state index contributed by atoms with van der Waals surface area (Å²) in [6, 6.07) is 16.2. The van der Waals surface area contributed by atoms with Crippen molar-refractivity contribution in [2.24, 2.45) is 0 Å². The summed E-state index contributed by atoms with van der Waals surface area (Å²) in [6.45, 7) is 3.54. The van der Waals surface area contributed by atoms with Crippen molar-refractivity contribution in [3.8, 4) is 5.69 Å². The number of fused-ring (bicyclic) bond motifs is 1. The van der Waals surface area contributed by atoms with E-state index in [1.165, 1.54) is 22.4 Å². The summed E-state index contributed by atoms with van der Waals surface area (Å²) >= 11 is 0. The number of benzene rings is 2. The van der Waals surface area contributed by atoms with E-state index in [0.717, 1.165) is 81.4 Å². The molecule has 33 heavy (non-hydrogen) atoms. The Kier molecular flexibility index (Phi) is 6.15. The maximum atomic E-state index is 13.8. The second kappa shape index (κ2) is 9.21. The minimum Gasteiger partial charge on any atom is -0.370 e. The van der Waals surface area contributed by atoms with Crippen LogP contribution in [-0.4, -0.2) is 34.3 Å². The van der Waals surface area contributed by atoms with Crippen LogP contribution in [0.3, 0.4) is 0 Å². The van der Waals surface area contributed by atoms with Crippen molar-refractivity contribution in [2.45, 2.75) is 50.7 Å². The topological polar surface area (TPSA) is 33.1 Å². The van der Waals surface area contributed by atoms with Crippen molar-refractivity contribution >= 4 is 5.82 Å². The summed E-state index contributed by atoms with van der Waals surface area (Å²) in [7, 11) is 0. The smallest absolute Gasteiger partial charge is 0.370 e. The molecule has 1 unspecified atom stereocenters. The average molecular weight is 455 g/mol. The molecule has 174 valence electrons. The van der Waals surface area contributed by atoms with Crippen molar-refractivity contribution in [2.75, 3.05) is 25.0 Å². The first-order valence-electron chi connectivity index (χ1n) is 11.8. The lowest BCUT2D eigenvalue weighted by Crippen LogP contribution is -2.34. The Morgan fingerprint density at radius 1 is 0.970 bits per heavy atom. The second-order valence-corrected chi connectivity index (χ2v) is 9.08. The highest BCUT2D eigenvalue weighted by Gasteiger charge is 2.36. The molecule has 0 saturated carbocycles. The predicted octanol–water partition coefficient (Wildman–Crippen LogP) is 6.02. The molecule has 4 nitrogen and oxygen atoms in total. The minimum atomic E-state index is -4.43. The fourth-order valence-corrected chi connectivity index (χ4v) is 5.19. The molecule has 3 heterocycles. The molecule has 0 radical (unpaired) electrons. The Balaban J connectivity index is 1.51. The van der Waals surface area contributed by atoms with Gasteiger partial charge in [0, 0.05) is 31.1 Å². The van der Waals surface area contributed by atoms with Gasteiger partial charge >= 0.3 is 6.18 Å². The number of piperidine rings is 1. The Labute approximate surface area is 192 Å². The van der Waals surface area contributed by atoms with Crippen molar-refractivity contribution in [3.05, 3.63) is 77.0 Å². The zero-order chi connectivity index (χ0) is 22.8. The van der Waals surface area contributed by atoms with Crippen molar-refractivity contribution < 1.29 is 13.2 Å². The molecular formula is C26H29F3N4. The van der Waals surface area contributed by atoms with Crippen LogP contribution in [-0.2, 0) is 19.1 Å². The molecular weight excluding hydrogens is 425 g/mol. The number of anilines is 1. The molecule has 1 N–H and O–H groups in total. The third-order valence-corrected chi connectivity index (χ3v) is 6.74. The molecule has 0 bridgehead atoms. The molecule has 0 aliphatic carbocycles. The summed E-state index contributed by atoms with van der Waals surface area (Å²) in [5.74, 6) is 0.954. The van der Waals surface area contributed by atoms with Gasteiger partial charge in [-0.05, 0) is 56.3 Å². The summed E-state index contributed by atoms with van der Waals surface area (Å²) < 4.78 is 42.9. The minimum absolute atomic E-state index is 0.0962. The van der Waals surface area contributed by atoms with Gasteiger partial charge in [0.15, 0.2) is 0 Å². The molecule has 2 aromatic carbocycles. The number of hydrogen-bond acceptors (Lipinski definition) is 3. The molecule has 5 rings (SSSR count). The molecule has 1 atom stereocenters. The van der Waals surface area contributed by atoms with Gasteiger partial charge in [-0.25, -0.2) is 4.68 Å². The molecule has 3 aromatic rings. The Morgan fingerprint density at radius 3 is 2.58 bits per heavy atom. The standard InChI is InChI=1S/C26H29F3N4/c27-26(28,29)22-13-4-5-14-23(22)33-25-21(12-6-7-15-30-25)24(31-33)20-11-8-16-32(18-20)17-19-9-2-1-3-10-19/h1-5,9-10,13-14,20,30H,6-8,11-12,15-18H2. The van der Waals surface area contributed by atoms with E-state index in [0.29, 0.717) is 0 Å². The van der Waals surface area contributed by atoms with E-state index in [1.807, 2.05) is 6.07 Å². The van der Waals surface area contributed by atoms with Gasteiger partial charge in [-0.1, -0.05) is 42.5 Å². The van der Waals surface area contributed by atoms with E-state index in [4.69, 9.17) is 5.10 Å². The Hall–Kier alpha value is -2.80. The first kappa shape index (κ1) is 22.0. The highest BCUT2D eigenvalue weighted by atomic mass is 19.4. The highest BCUT2D eigenvalue weighted by molar-refractivity contribution is 5.57. The molecule has 1 fully saturated rings. The van der Waals surface area contributed by atoms with Crippen LogP contribution in [0.25, 0.3) is 5.69 Å². The SMILES string of the molecule is FC(F)(F)c1ccccc1-n1nc(C2CCCN(Cc3ccccc3)C2)c2c1NCCCC2. The van der Waals surface area contributed by atoms with E-state index in [9.17, 15) is 13.2 Å². The number of hydrogen-bond donors (Lipinski definition) is 1. The van der Waals surface area contributed by atoms with Gasteiger partial charge in [0.1, 0.15) is 5.82 Å². The van der Waals surface area contributed by atoms with E-state index in [-0.39, 0.29) is 11.6 Å². The maximum absolute atomic E-state index is 13.8. The molecule has 1 saturated heterocycles. The summed E-state index contributed by atoms with van der Waals surface area (Å²) in [6.07, 6.45) is 0.500. The molecule has 0 spiro atoms. The molecule has 1 aromatic heterocycles. The van der Waals surface area contributed by atoms with Crippen LogP contribution < -0.4 is 5.32 Å². The fourth-order valence-electron chi connectivity index (χ4n) is 5.19. The van der Waals surface area contributed by atoms with Gasteiger partial charge in [0.2, 0.25) is 0 Å². The summed E-state index contributed by atoms with van der Waals surface area (Å²) in [5.41, 5.74) is 2.79. The quantitative estimate of drug-likeness (QED) is 0.523. The van der Waals surface area contributed by atoms with Crippen molar-refractivity contribution in [3.63, 3.8) is 0 Å². The fraction of sp³-hybridized carbons (Fsp3) is 0.423. The number of rotatable bonds is 4.